The topological polar surface area (TPSA) is 55.8 Å². The second-order valence-electron chi connectivity index (χ2n) is 5.94. The molecule has 0 bridgehead atoms. The van der Waals surface area contributed by atoms with Gasteiger partial charge in [0.2, 0.25) is 0 Å². The summed E-state index contributed by atoms with van der Waals surface area (Å²) in [6.45, 7) is 4.10. The fraction of sp³-hybridized carbons (Fsp3) is 0.286. The molecule has 0 saturated carbocycles. The Hall–Kier alpha value is -1.63. The van der Waals surface area contributed by atoms with Crippen molar-refractivity contribution in [2.75, 3.05) is 6.61 Å². The molecular formula is C21H22Br2O4. The van der Waals surface area contributed by atoms with E-state index in [0.29, 0.717) is 25.2 Å². The third-order valence-corrected chi connectivity index (χ3v) is 4.78. The van der Waals surface area contributed by atoms with Crippen LogP contribution in [0, 0.1) is 0 Å². The highest BCUT2D eigenvalue weighted by Crippen LogP contribution is 2.23. The molecule has 2 aromatic carbocycles. The standard InChI is InChI=1S/C21H22Br2O4/c1-3-18(11-15-9-16(22)13-17(23)10-15)27-19-7-5-14(6-8-19)12-20(21(24)25)26-4-2/h3,5-10,13,20H,4,11-12H2,1-2H3,(H,24,25). The first kappa shape index (κ1) is 21.7. The van der Waals surface area contributed by atoms with E-state index >= 15 is 0 Å². The number of ether oxygens (including phenoxy) is 2. The zero-order valence-corrected chi connectivity index (χ0v) is 18.4. The molecule has 0 heterocycles. The van der Waals surface area contributed by atoms with Gasteiger partial charge in [-0.25, -0.2) is 4.79 Å². The number of aliphatic carboxylic acids is 1. The van der Waals surface area contributed by atoms with Crippen LogP contribution in [0.4, 0.5) is 0 Å². The lowest BCUT2D eigenvalue weighted by Crippen LogP contribution is -2.26. The number of allylic oxidation sites excluding steroid dienone is 2. The van der Waals surface area contributed by atoms with Gasteiger partial charge in [0.05, 0.1) is 0 Å². The van der Waals surface area contributed by atoms with E-state index in [0.717, 1.165) is 25.8 Å². The van der Waals surface area contributed by atoms with Gasteiger partial charge < -0.3 is 14.6 Å². The van der Waals surface area contributed by atoms with E-state index in [-0.39, 0.29) is 0 Å². The highest BCUT2D eigenvalue weighted by atomic mass is 79.9. The average molecular weight is 498 g/mol. The van der Waals surface area contributed by atoms with Crippen molar-refractivity contribution in [2.45, 2.75) is 32.8 Å². The van der Waals surface area contributed by atoms with E-state index in [1.165, 1.54) is 0 Å². The van der Waals surface area contributed by atoms with E-state index < -0.39 is 12.1 Å². The SMILES string of the molecule is CC=C(Cc1cc(Br)cc(Br)c1)Oc1ccc(CC(OCC)C(=O)O)cc1. The van der Waals surface area contributed by atoms with Crippen LogP contribution in [0.5, 0.6) is 5.75 Å². The molecule has 0 aliphatic rings. The predicted octanol–water partition coefficient (Wildman–Crippen LogP) is 5.77. The highest BCUT2D eigenvalue weighted by Gasteiger charge is 2.17. The molecule has 1 atom stereocenters. The number of carboxylic acid groups (broad SMARTS) is 1. The second-order valence-corrected chi connectivity index (χ2v) is 7.77. The molecule has 0 saturated heterocycles. The lowest BCUT2D eigenvalue weighted by Gasteiger charge is -2.14. The van der Waals surface area contributed by atoms with Crippen molar-refractivity contribution >= 4 is 37.8 Å². The molecular weight excluding hydrogens is 476 g/mol. The summed E-state index contributed by atoms with van der Waals surface area (Å²) in [6, 6.07) is 13.5. The van der Waals surface area contributed by atoms with Gasteiger partial charge in [0.15, 0.2) is 6.10 Å². The van der Waals surface area contributed by atoms with Crippen molar-refractivity contribution in [2.24, 2.45) is 0 Å². The van der Waals surface area contributed by atoms with Gasteiger partial charge in [-0.3, -0.25) is 0 Å². The minimum atomic E-state index is -0.950. The maximum Gasteiger partial charge on any atom is 0.333 e. The van der Waals surface area contributed by atoms with Crippen LogP contribution in [-0.4, -0.2) is 23.8 Å². The Labute approximate surface area is 176 Å². The van der Waals surface area contributed by atoms with Crippen molar-refractivity contribution in [3.8, 4) is 5.75 Å². The zero-order chi connectivity index (χ0) is 19.8. The van der Waals surface area contributed by atoms with Gasteiger partial charge in [-0.2, -0.15) is 0 Å². The van der Waals surface area contributed by atoms with Crippen LogP contribution in [0.1, 0.15) is 25.0 Å². The molecule has 144 valence electrons. The second kappa shape index (κ2) is 10.6. The van der Waals surface area contributed by atoms with Crippen LogP contribution >= 0.6 is 31.9 Å². The third-order valence-electron chi connectivity index (χ3n) is 3.86. The summed E-state index contributed by atoms with van der Waals surface area (Å²) in [4.78, 5) is 11.2. The Morgan fingerprint density at radius 1 is 1.11 bits per heavy atom. The summed E-state index contributed by atoms with van der Waals surface area (Å²) in [5.41, 5.74) is 2.02. The Bertz CT molecular complexity index is 780. The van der Waals surface area contributed by atoms with Crippen molar-refractivity contribution in [1.29, 1.82) is 0 Å². The highest BCUT2D eigenvalue weighted by molar-refractivity contribution is 9.11. The molecule has 4 nitrogen and oxygen atoms in total. The van der Waals surface area contributed by atoms with Crippen LogP contribution in [0.2, 0.25) is 0 Å². The zero-order valence-electron chi connectivity index (χ0n) is 15.2. The predicted molar refractivity (Wildman–Crippen MR) is 113 cm³/mol. The molecule has 2 aromatic rings. The quantitative estimate of drug-likeness (QED) is 0.447. The summed E-state index contributed by atoms with van der Waals surface area (Å²) >= 11 is 7.00. The fourth-order valence-corrected chi connectivity index (χ4v) is 3.98. The Balaban J connectivity index is 2.02. The normalized spacial score (nSPS) is 12.7. The van der Waals surface area contributed by atoms with Gasteiger partial charge in [0, 0.05) is 28.4 Å². The summed E-state index contributed by atoms with van der Waals surface area (Å²) in [5, 5.41) is 9.19. The number of benzene rings is 2. The maximum absolute atomic E-state index is 11.2. The molecule has 27 heavy (non-hydrogen) atoms. The number of hydrogen-bond acceptors (Lipinski definition) is 3. The Morgan fingerprint density at radius 3 is 2.26 bits per heavy atom. The smallest absolute Gasteiger partial charge is 0.333 e. The fourth-order valence-electron chi connectivity index (χ4n) is 2.59. The van der Waals surface area contributed by atoms with Crippen LogP contribution in [0.25, 0.3) is 0 Å². The molecule has 0 radical (unpaired) electrons. The first-order valence-corrected chi connectivity index (χ1v) is 10.2. The Morgan fingerprint density at radius 2 is 1.74 bits per heavy atom. The van der Waals surface area contributed by atoms with Crippen LogP contribution in [0.3, 0.4) is 0 Å². The molecule has 2 rings (SSSR count). The Kier molecular flexibility index (Phi) is 8.54. The maximum atomic E-state index is 11.2. The molecule has 0 fully saturated rings. The first-order valence-electron chi connectivity index (χ1n) is 8.62. The average Bonchev–Trinajstić information content (AvgIpc) is 2.61. The number of halogens is 2. The third kappa shape index (κ3) is 7.13. The van der Waals surface area contributed by atoms with E-state index in [1.807, 2.05) is 43.3 Å². The minimum Gasteiger partial charge on any atom is -0.479 e. The molecule has 0 amide bonds. The summed E-state index contributed by atoms with van der Waals surface area (Å²) in [6.07, 6.45) is 2.11. The molecule has 0 aliphatic carbocycles. The van der Waals surface area contributed by atoms with Gasteiger partial charge in [-0.05, 0) is 61.4 Å². The summed E-state index contributed by atoms with van der Waals surface area (Å²) in [7, 11) is 0. The van der Waals surface area contributed by atoms with Crippen molar-refractivity contribution < 1.29 is 19.4 Å². The van der Waals surface area contributed by atoms with Gasteiger partial charge in [0.1, 0.15) is 11.5 Å². The number of carbonyl (C=O) groups is 1. The van der Waals surface area contributed by atoms with Crippen molar-refractivity contribution in [3.05, 3.63) is 74.4 Å². The van der Waals surface area contributed by atoms with Gasteiger partial charge >= 0.3 is 5.97 Å². The van der Waals surface area contributed by atoms with Crippen LogP contribution in [0.15, 0.2) is 63.2 Å². The largest absolute Gasteiger partial charge is 0.479 e. The molecule has 0 aliphatic heterocycles. The molecule has 1 unspecified atom stereocenters. The summed E-state index contributed by atoms with van der Waals surface area (Å²) < 4.78 is 13.3. The number of rotatable bonds is 9. The first-order chi connectivity index (χ1) is 12.9. The van der Waals surface area contributed by atoms with Crippen LogP contribution in [-0.2, 0) is 22.4 Å². The lowest BCUT2D eigenvalue weighted by molar-refractivity contribution is -0.149. The van der Waals surface area contributed by atoms with E-state index in [1.54, 1.807) is 6.92 Å². The minimum absolute atomic E-state index is 0.325. The van der Waals surface area contributed by atoms with Gasteiger partial charge in [-0.1, -0.05) is 44.0 Å². The van der Waals surface area contributed by atoms with Gasteiger partial charge in [-0.15, -0.1) is 0 Å². The number of carboxylic acids is 1. The molecule has 1 N–H and O–H groups in total. The lowest BCUT2D eigenvalue weighted by atomic mass is 10.1. The van der Waals surface area contributed by atoms with E-state index in [2.05, 4.69) is 44.0 Å². The number of hydrogen-bond donors (Lipinski definition) is 1. The van der Waals surface area contributed by atoms with Crippen molar-refractivity contribution in [1.82, 2.24) is 0 Å². The molecule has 0 aromatic heterocycles. The van der Waals surface area contributed by atoms with E-state index in [9.17, 15) is 9.90 Å². The molecule has 6 heteroatoms. The molecule has 0 spiro atoms. The van der Waals surface area contributed by atoms with E-state index in [4.69, 9.17) is 9.47 Å². The van der Waals surface area contributed by atoms with Crippen molar-refractivity contribution in [3.63, 3.8) is 0 Å². The van der Waals surface area contributed by atoms with Gasteiger partial charge in [0.25, 0.3) is 0 Å². The monoisotopic (exact) mass is 496 g/mol. The van der Waals surface area contributed by atoms with Crippen LogP contribution < -0.4 is 4.74 Å². The summed E-state index contributed by atoms with van der Waals surface area (Å²) in [5.74, 6) is 0.600.